The molecule has 132 valence electrons. The van der Waals surface area contributed by atoms with Crippen LogP contribution in [0.4, 0.5) is 4.39 Å². The third-order valence-corrected chi connectivity index (χ3v) is 4.70. The third kappa shape index (κ3) is 4.61. The van der Waals surface area contributed by atoms with Gasteiger partial charge in [-0.3, -0.25) is 4.79 Å². The molecule has 2 aromatic rings. The first kappa shape index (κ1) is 18.0. The molecule has 0 aliphatic heterocycles. The van der Waals surface area contributed by atoms with Crippen LogP contribution >= 0.6 is 23.2 Å². The van der Waals surface area contributed by atoms with Gasteiger partial charge in [0, 0.05) is 18.8 Å². The maximum atomic E-state index is 13.5. The number of carbonyl (C=O) groups excluding carboxylic acids is 1. The van der Waals surface area contributed by atoms with Crippen molar-refractivity contribution in [1.82, 2.24) is 10.3 Å². The van der Waals surface area contributed by atoms with E-state index in [1.807, 2.05) is 0 Å². The van der Waals surface area contributed by atoms with Crippen molar-refractivity contribution >= 4 is 29.1 Å². The average molecular weight is 383 g/mol. The zero-order chi connectivity index (χ0) is 17.8. The summed E-state index contributed by atoms with van der Waals surface area (Å²) in [6.07, 6.45) is 6.30. The second kappa shape index (κ2) is 8.02. The lowest BCUT2D eigenvalue weighted by Crippen LogP contribution is -2.23. The van der Waals surface area contributed by atoms with Gasteiger partial charge in [0.1, 0.15) is 11.9 Å². The van der Waals surface area contributed by atoms with E-state index in [2.05, 4.69) is 10.3 Å². The number of carbonyl (C=O) groups is 1. The van der Waals surface area contributed by atoms with Crippen LogP contribution < -0.4 is 10.1 Å². The van der Waals surface area contributed by atoms with Gasteiger partial charge in [0.2, 0.25) is 5.88 Å². The van der Waals surface area contributed by atoms with Gasteiger partial charge in [0.15, 0.2) is 0 Å². The van der Waals surface area contributed by atoms with E-state index < -0.39 is 11.7 Å². The van der Waals surface area contributed by atoms with Crippen molar-refractivity contribution in [1.29, 1.82) is 0 Å². The van der Waals surface area contributed by atoms with Crippen LogP contribution in [0.25, 0.3) is 0 Å². The topological polar surface area (TPSA) is 51.2 Å². The molecule has 0 atom stereocenters. The number of amides is 1. The number of ether oxygens (including phenoxy) is 1. The number of nitrogens with one attached hydrogen (secondary N) is 1. The summed E-state index contributed by atoms with van der Waals surface area (Å²) in [5.41, 5.74) is 0.877. The largest absolute Gasteiger partial charge is 0.474 e. The zero-order valence-corrected chi connectivity index (χ0v) is 14.9. The molecule has 0 saturated heterocycles. The first-order valence-electron chi connectivity index (χ1n) is 8.07. The maximum absolute atomic E-state index is 13.5. The normalized spacial score (nSPS) is 14.5. The molecule has 1 amide bonds. The van der Waals surface area contributed by atoms with Crippen molar-refractivity contribution in [2.75, 3.05) is 0 Å². The SMILES string of the molecule is O=C(NCc1ccnc(OC2CCCC2)c1)c1cc(F)c(Cl)cc1Cl. The lowest BCUT2D eigenvalue weighted by atomic mass is 10.2. The van der Waals surface area contributed by atoms with Crippen LogP contribution in [0.1, 0.15) is 41.6 Å². The predicted molar refractivity (Wildman–Crippen MR) is 94.7 cm³/mol. The van der Waals surface area contributed by atoms with Gasteiger partial charge in [-0.05, 0) is 49.4 Å². The van der Waals surface area contributed by atoms with Crippen molar-refractivity contribution in [3.63, 3.8) is 0 Å². The molecule has 1 aliphatic rings. The predicted octanol–water partition coefficient (Wildman–Crippen LogP) is 4.78. The van der Waals surface area contributed by atoms with E-state index in [1.165, 1.54) is 18.9 Å². The van der Waals surface area contributed by atoms with E-state index in [0.717, 1.165) is 24.5 Å². The molecule has 1 aliphatic carbocycles. The molecule has 1 N–H and O–H groups in total. The molecule has 4 nitrogen and oxygen atoms in total. The summed E-state index contributed by atoms with van der Waals surface area (Å²) in [5.74, 6) is -0.614. The van der Waals surface area contributed by atoms with E-state index in [-0.39, 0.29) is 28.3 Å². The van der Waals surface area contributed by atoms with Crippen LogP contribution in [0.5, 0.6) is 5.88 Å². The summed E-state index contributed by atoms with van der Waals surface area (Å²) in [5, 5.41) is 2.69. The Hall–Kier alpha value is -1.85. The minimum absolute atomic E-state index is 0.0417. The van der Waals surface area contributed by atoms with Gasteiger partial charge in [-0.25, -0.2) is 9.37 Å². The molecule has 1 heterocycles. The Labute approximate surface area is 155 Å². The Morgan fingerprint density at radius 2 is 2.00 bits per heavy atom. The number of hydrogen-bond donors (Lipinski definition) is 1. The van der Waals surface area contributed by atoms with Crippen LogP contribution in [-0.2, 0) is 6.54 Å². The Balaban J connectivity index is 1.63. The molecule has 7 heteroatoms. The van der Waals surface area contributed by atoms with Gasteiger partial charge in [-0.15, -0.1) is 0 Å². The fourth-order valence-corrected chi connectivity index (χ4v) is 3.24. The average Bonchev–Trinajstić information content (AvgIpc) is 3.09. The minimum Gasteiger partial charge on any atom is -0.474 e. The second-order valence-electron chi connectivity index (χ2n) is 5.96. The summed E-state index contributed by atoms with van der Waals surface area (Å²) >= 11 is 11.6. The van der Waals surface area contributed by atoms with E-state index in [9.17, 15) is 9.18 Å². The van der Waals surface area contributed by atoms with Gasteiger partial charge >= 0.3 is 0 Å². The number of halogens is 3. The first-order valence-corrected chi connectivity index (χ1v) is 8.83. The lowest BCUT2D eigenvalue weighted by Gasteiger charge is -2.13. The van der Waals surface area contributed by atoms with Crippen LogP contribution in [-0.4, -0.2) is 17.0 Å². The fourth-order valence-electron chi connectivity index (χ4n) is 2.78. The highest BCUT2D eigenvalue weighted by atomic mass is 35.5. The minimum atomic E-state index is -0.688. The van der Waals surface area contributed by atoms with Crippen molar-refractivity contribution < 1.29 is 13.9 Å². The highest BCUT2D eigenvalue weighted by molar-refractivity contribution is 6.36. The molecule has 1 saturated carbocycles. The zero-order valence-electron chi connectivity index (χ0n) is 13.4. The molecule has 0 bridgehead atoms. The van der Waals surface area contributed by atoms with Gasteiger partial charge in [-0.1, -0.05) is 23.2 Å². The highest BCUT2D eigenvalue weighted by Crippen LogP contribution is 2.25. The van der Waals surface area contributed by atoms with Crippen molar-refractivity contribution in [3.8, 4) is 5.88 Å². The number of rotatable bonds is 5. The Bertz CT molecular complexity index is 780. The number of aromatic nitrogens is 1. The fraction of sp³-hybridized carbons (Fsp3) is 0.333. The summed E-state index contributed by atoms with van der Waals surface area (Å²) in [4.78, 5) is 16.4. The van der Waals surface area contributed by atoms with E-state index >= 15 is 0 Å². The number of pyridine rings is 1. The summed E-state index contributed by atoms with van der Waals surface area (Å²) < 4.78 is 19.4. The molecular formula is C18H17Cl2FN2O2. The lowest BCUT2D eigenvalue weighted by molar-refractivity contribution is 0.0950. The van der Waals surface area contributed by atoms with Crippen LogP contribution in [0, 0.1) is 5.82 Å². The summed E-state index contributed by atoms with van der Waals surface area (Å²) in [6, 6.07) is 5.82. The number of nitrogens with zero attached hydrogens (tertiary/aromatic N) is 1. The smallest absolute Gasteiger partial charge is 0.253 e. The quantitative estimate of drug-likeness (QED) is 0.757. The summed E-state index contributed by atoms with van der Waals surface area (Å²) in [7, 11) is 0. The van der Waals surface area contributed by atoms with Crippen molar-refractivity contribution in [2.24, 2.45) is 0 Å². The third-order valence-electron chi connectivity index (χ3n) is 4.10. The molecule has 0 radical (unpaired) electrons. The molecule has 0 unspecified atom stereocenters. The van der Waals surface area contributed by atoms with Gasteiger partial charge in [0.25, 0.3) is 5.91 Å². The van der Waals surface area contributed by atoms with Crippen molar-refractivity contribution in [3.05, 3.63) is 57.5 Å². The Morgan fingerprint density at radius 1 is 1.24 bits per heavy atom. The molecule has 0 spiro atoms. The molecule has 1 fully saturated rings. The van der Waals surface area contributed by atoms with Crippen LogP contribution in [0.2, 0.25) is 10.0 Å². The van der Waals surface area contributed by atoms with E-state index in [1.54, 1.807) is 18.3 Å². The second-order valence-corrected chi connectivity index (χ2v) is 6.77. The van der Waals surface area contributed by atoms with Gasteiger partial charge in [0.05, 0.1) is 15.6 Å². The van der Waals surface area contributed by atoms with Crippen molar-refractivity contribution in [2.45, 2.75) is 38.3 Å². The number of hydrogen-bond acceptors (Lipinski definition) is 3. The highest BCUT2D eigenvalue weighted by Gasteiger charge is 2.17. The van der Waals surface area contributed by atoms with Crippen LogP contribution in [0.15, 0.2) is 30.5 Å². The molecule has 1 aromatic carbocycles. The molecule has 25 heavy (non-hydrogen) atoms. The first-order chi connectivity index (χ1) is 12.0. The number of benzene rings is 1. The van der Waals surface area contributed by atoms with Gasteiger partial charge in [-0.2, -0.15) is 0 Å². The molecule has 3 rings (SSSR count). The summed E-state index contributed by atoms with van der Waals surface area (Å²) in [6.45, 7) is 0.253. The van der Waals surface area contributed by atoms with Gasteiger partial charge < -0.3 is 10.1 Å². The standard InChI is InChI=1S/C18H17Cl2FN2O2/c19-14-9-15(20)16(21)8-13(14)18(24)23-10-11-5-6-22-17(7-11)25-12-3-1-2-4-12/h5-9,12H,1-4,10H2,(H,23,24). The molecule has 1 aromatic heterocycles. The van der Waals surface area contributed by atoms with E-state index in [0.29, 0.717) is 5.88 Å². The monoisotopic (exact) mass is 382 g/mol. The Kier molecular flexibility index (Phi) is 5.76. The Morgan fingerprint density at radius 3 is 2.76 bits per heavy atom. The van der Waals surface area contributed by atoms with Crippen LogP contribution in [0.3, 0.4) is 0 Å². The maximum Gasteiger partial charge on any atom is 0.253 e. The molecular weight excluding hydrogens is 366 g/mol. The van der Waals surface area contributed by atoms with E-state index in [4.69, 9.17) is 27.9 Å².